The van der Waals surface area contributed by atoms with E-state index in [1.54, 1.807) is 6.26 Å². The Kier molecular flexibility index (Phi) is 3.44. The normalized spacial score (nSPS) is 23.2. The first-order chi connectivity index (χ1) is 7.28. The predicted octanol–water partition coefficient (Wildman–Crippen LogP) is 1.97. The summed E-state index contributed by atoms with van der Waals surface area (Å²) in [4.78, 5) is 2.47. The first-order valence-corrected chi connectivity index (χ1v) is 5.76. The molecule has 1 aliphatic rings. The van der Waals surface area contributed by atoms with Crippen molar-refractivity contribution in [3.8, 4) is 0 Å². The van der Waals surface area contributed by atoms with Gasteiger partial charge in [-0.3, -0.25) is 4.90 Å². The fraction of sp³-hybridized carbons (Fsp3) is 0.667. The van der Waals surface area contributed by atoms with Crippen molar-refractivity contribution in [2.24, 2.45) is 11.7 Å². The van der Waals surface area contributed by atoms with Gasteiger partial charge < -0.3 is 10.2 Å². The van der Waals surface area contributed by atoms with Gasteiger partial charge >= 0.3 is 0 Å². The Balaban J connectivity index is 1.90. The van der Waals surface area contributed by atoms with Gasteiger partial charge in [0.05, 0.1) is 12.8 Å². The van der Waals surface area contributed by atoms with Crippen molar-refractivity contribution in [1.82, 2.24) is 4.90 Å². The lowest BCUT2D eigenvalue weighted by molar-refractivity contribution is 0.165. The molecule has 0 amide bonds. The smallest absolute Gasteiger partial charge is 0.118 e. The Labute approximate surface area is 91.2 Å². The van der Waals surface area contributed by atoms with Crippen molar-refractivity contribution in [2.45, 2.75) is 32.9 Å². The SMILES string of the molecule is CC1CCCN(Cc2cc(CN)co2)C1. The second kappa shape index (κ2) is 4.81. The average molecular weight is 208 g/mol. The van der Waals surface area contributed by atoms with Gasteiger partial charge in [-0.05, 0) is 31.4 Å². The van der Waals surface area contributed by atoms with Crippen LogP contribution in [0.4, 0.5) is 0 Å². The van der Waals surface area contributed by atoms with Gasteiger partial charge in [0.2, 0.25) is 0 Å². The lowest BCUT2D eigenvalue weighted by atomic mass is 10.0. The van der Waals surface area contributed by atoms with Crippen LogP contribution in [0.3, 0.4) is 0 Å². The highest BCUT2D eigenvalue weighted by molar-refractivity contribution is 5.12. The van der Waals surface area contributed by atoms with Crippen molar-refractivity contribution >= 4 is 0 Å². The second-order valence-corrected chi connectivity index (χ2v) is 4.61. The van der Waals surface area contributed by atoms with E-state index < -0.39 is 0 Å². The summed E-state index contributed by atoms with van der Waals surface area (Å²) in [7, 11) is 0. The van der Waals surface area contributed by atoms with Crippen LogP contribution in [-0.4, -0.2) is 18.0 Å². The molecular weight excluding hydrogens is 188 g/mol. The number of piperidine rings is 1. The van der Waals surface area contributed by atoms with Gasteiger partial charge in [0.1, 0.15) is 5.76 Å². The molecule has 0 saturated carbocycles. The Bertz CT molecular complexity index is 308. The molecule has 0 bridgehead atoms. The zero-order valence-corrected chi connectivity index (χ0v) is 9.41. The lowest BCUT2D eigenvalue weighted by Gasteiger charge is -2.29. The molecule has 2 rings (SSSR count). The molecule has 84 valence electrons. The summed E-state index contributed by atoms with van der Waals surface area (Å²) in [5.41, 5.74) is 6.64. The Morgan fingerprint density at radius 1 is 1.60 bits per heavy atom. The molecule has 0 aromatic carbocycles. The van der Waals surface area contributed by atoms with Crippen LogP contribution in [0.1, 0.15) is 31.1 Å². The summed E-state index contributed by atoms with van der Waals surface area (Å²) in [5.74, 6) is 1.87. The highest BCUT2D eigenvalue weighted by Crippen LogP contribution is 2.18. The lowest BCUT2D eigenvalue weighted by Crippen LogP contribution is -2.33. The summed E-state index contributed by atoms with van der Waals surface area (Å²) >= 11 is 0. The van der Waals surface area contributed by atoms with E-state index in [-0.39, 0.29) is 0 Å². The maximum Gasteiger partial charge on any atom is 0.118 e. The molecule has 3 nitrogen and oxygen atoms in total. The fourth-order valence-corrected chi connectivity index (χ4v) is 2.27. The topological polar surface area (TPSA) is 42.4 Å². The predicted molar refractivity (Wildman–Crippen MR) is 60.3 cm³/mol. The minimum Gasteiger partial charge on any atom is -0.468 e. The van der Waals surface area contributed by atoms with Gasteiger partial charge in [-0.1, -0.05) is 6.92 Å². The third-order valence-electron chi connectivity index (χ3n) is 3.06. The van der Waals surface area contributed by atoms with Crippen LogP contribution in [-0.2, 0) is 13.1 Å². The van der Waals surface area contributed by atoms with E-state index in [0.717, 1.165) is 23.8 Å². The number of hydrogen-bond acceptors (Lipinski definition) is 3. The molecule has 15 heavy (non-hydrogen) atoms. The fourth-order valence-electron chi connectivity index (χ4n) is 2.27. The number of rotatable bonds is 3. The van der Waals surface area contributed by atoms with E-state index in [9.17, 15) is 0 Å². The first-order valence-electron chi connectivity index (χ1n) is 5.76. The summed E-state index contributed by atoms with van der Waals surface area (Å²) in [6.07, 6.45) is 4.44. The molecule has 1 atom stereocenters. The van der Waals surface area contributed by atoms with E-state index in [1.807, 2.05) is 0 Å². The van der Waals surface area contributed by atoms with Crippen LogP contribution in [0.25, 0.3) is 0 Å². The Morgan fingerprint density at radius 3 is 3.13 bits per heavy atom. The average Bonchev–Trinajstić information content (AvgIpc) is 2.65. The molecule has 1 unspecified atom stereocenters. The van der Waals surface area contributed by atoms with Gasteiger partial charge in [-0.2, -0.15) is 0 Å². The molecule has 1 aromatic rings. The molecule has 3 heteroatoms. The number of nitrogens with two attached hydrogens (primary N) is 1. The largest absolute Gasteiger partial charge is 0.468 e. The quantitative estimate of drug-likeness (QED) is 0.825. The third kappa shape index (κ3) is 2.83. The van der Waals surface area contributed by atoms with E-state index >= 15 is 0 Å². The molecule has 1 aromatic heterocycles. The van der Waals surface area contributed by atoms with Gasteiger partial charge in [-0.15, -0.1) is 0 Å². The minimum atomic E-state index is 0.569. The standard InChI is InChI=1S/C12H20N2O/c1-10-3-2-4-14(7-10)8-12-5-11(6-13)9-15-12/h5,9-10H,2-4,6-8,13H2,1H3. The summed E-state index contributed by atoms with van der Waals surface area (Å²) in [6, 6.07) is 2.07. The van der Waals surface area contributed by atoms with Crippen LogP contribution < -0.4 is 5.73 Å². The van der Waals surface area contributed by atoms with Crippen molar-refractivity contribution < 1.29 is 4.42 Å². The maximum absolute atomic E-state index is 5.54. The van der Waals surface area contributed by atoms with Gasteiger partial charge in [-0.25, -0.2) is 0 Å². The summed E-state index contributed by atoms with van der Waals surface area (Å²) in [5, 5.41) is 0. The van der Waals surface area contributed by atoms with Gasteiger partial charge in [0, 0.05) is 18.7 Å². The van der Waals surface area contributed by atoms with E-state index in [0.29, 0.717) is 6.54 Å². The van der Waals surface area contributed by atoms with E-state index in [1.165, 1.54) is 25.9 Å². The first kappa shape index (κ1) is 10.7. The van der Waals surface area contributed by atoms with Crippen LogP contribution in [0.2, 0.25) is 0 Å². The minimum absolute atomic E-state index is 0.569. The summed E-state index contributed by atoms with van der Waals surface area (Å²) < 4.78 is 5.47. The molecule has 2 heterocycles. The molecule has 0 aliphatic carbocycles. The molecule has 0 radical (unpaired) electrons. The molecule has 1 fully saturated rings. The number of likely N-dealkylation sites (tertiary alicyclic amines) is 1. The number of furan rings is 1. The summed E-state index contributed by atoms with van der Waals surface area (Å²) in [6.45, 7) is 6.21. The molecule has 2 N–H and O–H groups in total. The van der Waals surface area contributed by atoms with Crippen LogP contribution in [0, 0.1) is 5.92 Å². The maximum atomic E-state index is 5.54. The highest BCUT2D eigenvalue weighted by Gasteiger charge is 2.17. The Hall–Kier alpha value is -0.800. The monoisotopic (exact) mass is 208 g/mol. The van der Waals surface area contributed by atoms with Crippen molar-refractivity contribution in [3.63, 3.8) is 0 Å². The number of nitrogens with zero attached hydrogens (tertiary/aromatic N) is 1. The van der Waals surface area contributed by atoms with Crippen molar-refractivity contribution in [1.29, 1.82) is 0 Å². The zero-order valence-electron chi connectivity index (χ0n) is 9.41. The van der Waals surface area contributed by atoms with Crippen molar-refractivity contribution in [3.05, 3.63) is 23.7 Å². The number of hydrogen-bond donors (Lipinski definition) is 1. The zero-order chi connectivity index (χ0) is 10.7. The van der Waals surface area contributed by atoms with Crippen LogP contribution >= 0.6 is 0 Å². The molecule has 0 spiro atoms. The van der Waals surface area contributed by atoms with Gasteiger partial charge in [0.25, 0.3) is 0 Å². The molecular formula is C12H20N2O. The second-order valence-electron chi connectivity index (χ2n) is 4.61. The van der Waals surface area contributed by atoms with Gasteiger partial charge in [0.15, 0.2) is 0 Å². The Morgan fingerprint density at radius 2 is 2.47 bits per heavy atom. The van der Waals surface area contributed by atoms with Crippen LogP contribution in [0.15, 0.2) is 16.7 Å². The van der Waals surface area contributed by atoms with Crippen molar-refractivity contribution in [2.75, 3.05) is 13.1 Å². The van der Waals surface area contributed by atoms with E-state index in [4.69, 9.17) is 10.2 Å². The molecule has 1 saturated heterocycles. The van der Waals surface area contributed by atoms with E-state index in [2.05, 4.69) is 17.9 Å². The third-order valence-corrected chi connectivity index (χ3v) is 3.06. The highest BCUT2D eigenvalue weighted by atomic mass is 16.3. The molecule has 1 aliphatic heterocycles. The van der Waals surface area contributed by atoms with Crippen LogP contribution in [0.5, 0.6) is 0 Å².